The number of anilines is 1. The average molecular weight is 339 g/mol. The van der Waals surface area contributed by atoms with E-state index in [1.165, 1.54) is 0 Å². The first-order valence-corrected chi connectivity index (χ1v) is 8.35. The van der Waals surface area contributed by atoms with Gasteiger partial charge >= 0.3 is 0 Å². The summed E-state index contributed by atoms with van der Waals surface area (Å²) in [7, 11) is 0. The number of hydrogen-bond donors (Lipinski definition) is 1. The van der Waals surface area contributed by atoms with Crippen LogP contribution in [0.15, 0.2) is 18.2 Å². The zero-order valence-electron chi connectivity index (χ0n) is 13.8. The number of rotatable bonds is 7. The molecular weight excluding hydrogens is 316 g/mol. The molecule has 1 aromatic rings. The number of carbonyl (C=O) groups excluding carboxylic acids is 2. The lowest BCUT2D eigenvalue weighted by Crippen LogP contribution is -2.34. The Kier molecular flexibility index (Phi) is 5.88. The van der Waals surface area contributed by atoms with Gasteiger partial charge in [0.05, 0.1) is 5.02 Å². The number of nitrogens with zero attached hydrogens (tertiary/aromatic N) is 1. The molecule has 1 fully saturated rings. The standard InChI is InChI=1S/C17H23ClN2O3/c1-4-20(5-2)16(21)10-23-15-7-6-12(9-14(15)18)19-17(22)13-8-11(13)3/h6-7,9,11,13H,4-5,8,10H2,1-3H3,(H,19,22). The molecule has 0 saturated heterocycles. The Labute approximate surface area is 141 Å². The molecule has 0 aliphatic heterocycles. The molecule has 1 saturated carbocycles. The number of hydrogen-bond acceptors (Lipinski definition) is 3. The largest absolute Gasteiger partial charge is 0.482 e. The molecule has 126 valence electrons. The van der Waals surface area contributed by atoms with Gasteiger partial charge in [-0.1, -0.05) is 18.5 Å². The van der Waals surface area contributed by atoms with E-state index < -0.39 is 0 Å². The highest BCUT2D eigenvalue weighted by Crippen LogP contribution is 2.38. The summed E-state index contributed by atoms with van der Waals surface area (Å²) in [6.45, 7) is 7.15. The van der Waals surface area contributed by atoms with Crippen molar-refractivity contribution < 1.29 is 14.3 Å². The second-order valence-electron chi connectivity index (χ2n) is 5.81. The van der Waals surface area contributed by atoms with Gasteiger partial charge in [0.2, 0.25) is 5.91 Å². The van der Waals surface area contributed by atoms with E-state index in [0.717, 1.165) is 6.42 Å². The van der Waals surface area contributed by atoms with Crippen LogP contribution in [0, 0.1) is 11.8 Å². The van der Waals surface area contributed by atoms with Crippen LogP contribution in [-0.2, 0) is 9.59 Å². The van der Waals surface area contributed by atoms with Gasteiger partial charge in [-0.05, 0) is 44.4 Å². The summed E-state index contributed by atoms with van der Waals surface area (Å²) in [6.07, 6.45) is 0.939. The molecule has 1 aliphatic rings. The molecule has 2 unspecified atom stereocenters. The van der Waals surface area contributed by atoms with Gasteiger partial charge in [0, 0.05) is 24.7 Å². The molecule has 5 nitrogen and oxygen atoms in total. The highest BCUT2D eigenvalue weighted by atomic mass is 35.5. The Morgan fingerprint density at radius 1 is 1.35 bits per heavy atom. The topological polar surface area (TPSA) is 58.6 Å². The predicted molar refractivity (Wildman–Crippen MR) is 90.8 cm³/mol. The monoisotopic (exact) mass is 338 g/mol. The Bertz CT molecular complexity index is 587. The maximum Gasteiger partial charge on any atom is 0.260 e. The second-order valence-corrected chi connectivity index (χ2v) is 6.22. The normalized spacial score (nSPS) is 19.1. The lowest BCUT2D eigenvalue weighted by atomic mass is 10.2. The molecule has 2 rings (SSSR count). The third kappa shape index (κ3) is 4.61. The fourth-order valence-electron chi connectivity index (χ4n) is 2.43. The molecule has 0 radical (unpaired) electrons. The molecule has 23 heavy (non-hydrogen) atoms. The van der Waals surface area contributed by atoms with E-state index >= 15 is 0 Å². The van der Waals surface area contributed by atoms with Crippen molar-refractivity contribution in [2.24, 2.45) is 11.8 Å². The second kappa shape index (κ2) is 7.68. The van der Waals surface area contributed by atoms with Crippen LogP contribution < -0.4 is 10.1 Å². The van der Waals surface area contributed by atoms with Crippen LogP contribution in [0.25, 0.3) is 0 Å². The molecule has 0 bridgehead atoms. The summed E-state index contributed by atoms with van der Waals surface area (Å²) in [5.74, 6) is 0.950. The van der Waals surface area contributed by atoms with Gasteiger partial charge in [-0.25, -0.2) is 0 Å². The molecule has 0 aromatic heterocycles. The average Bonchev–Trinajstić information content (AvgIpc) is 3.25. The van der Waals surface area contributed by atoms with Crippen molar-refractivity contribution >= 4 is 29.1 Å². The van der Waals surface area contributed by atoms with Gasteiger partial charge < -0.3 is 15.0 Å². The summed E-state index contributed by atoms with van der Waals surface area (Å²) in [5.41, 5.74) is 0.640. The van der Waals surface area contributed by atoms with Gasteiger partial charge in [0.1, 0.15) is 5.75 Å². The molecule has 1 aliphatic carbocycles. The number of halogens is 1. The summed E-state index contributed by atoms with van der Waals surface area (Å²) in [5, 5.41) is 3.22. The Morgan fingerprint density at radius 3 is 2.52 bits per heavy atom. The van der Waals surface area contributed by atoms with E-state index in [1.54, 1.807) is 23.1 Å². The van der Waals surface area contributed by atoms with Crippen molar-refractivity contribution in [3.63, 3.8) is 0 Å². The van der Waals surface area contributed by atoms with E-state index in [1.807, 2.05) is 13.8 Å². The Hall–Kier alpha value is -1.75. The van der Waals surface area contributed by atoms with Crippen molar-refractivity contribution in [3.8, 4) is 5.75 Å². The zero-order valence-corrected chi connectivity index (χ0v) is 14.5. The first-order valence-electron chi connectivity index (χ1n) is 7.97. The molecule has 0 spiro atoms. The number of nitrogens with one attached hydrogen (secondary N) is 1. The Morgan fingerprint density at radius 2 is 2.00 bits per heavy atom. The summed E-state index contributed by atoms with van der Waals surface area (Å²) in [6, 6.07) is 5.04. The molecule has 2 amide bonds. The van der Waals surface area contributed by atoms with Crippen molar-refractivity contribution in [3.05, 3.63) is 23.2 Å². The summed E-state index contributed by atoms with van der Waals surface area (Å²) >= 11 is 6.17. The highest BCUT2D eigenvalue weighted by Gasteiger charge is 2.39. The van der Waals surface area contributed by atoms with Crippen LogP contribution in [0.3, 0.4) is 0 Å². The molecular formula is C17H23ClN2O3. The van der Waals surface area contributed by atoms with Gasteiger partial charge in [-0.3, -0.25) is 9.59 Å². The van der Waals surface area contributed by atoms with Crippen molar-refractivity contribution in [2.45, 2.75) is 27.2 Å². The summed E-state index contributed by atoms with van der Waals surface area (Å²) in [4.78, 5) is 25.5. The predicted octanol–water partition coefficient (Wildman–Crippen LogP) is 3.18. The van der Waals surface area contributed by atoms with E-state index in [-0.39, 0.29) is 24.3 Å². The van der Waals surface area contributed by atoms with Crippen LogP contribution >= 0.6 is 11.6 Å². The molecule has 1 aromatic carbocycles. The quantitative estimate of drug-likeness (QED) is 0.830. The van der Waals surface area contributed by atoms with Crippen molar-refractivity contribution in [2.75, 3.05) is 25.0 Å². The van der Waals surface area contributed by atoms with Gasteiger partial charge in [0.25, 0.3) is 5.91 Å². The van der Waals surface area contributed by atoms with Crippen LogP contribution in [0.1, 0.15) is 27.2 Å². The molecule has 0 heterocycles. The molecule has 6 heteroatoms. The van der Waals surface area contributed by atoms with Crippen LogP contribution in [0.2, 0.25) is 5.02 Å². The highest BCUT2D eigenvalue weighted by molar-refractivity contribution is 6.32. The summed E-state index contributed by atoms with van der Waals surface area (Å²) < 4.78 is 5.48. The zero-order chi connectivity index (χ0) is 17.0. The molecule has 1 N–H and O–H groups in total. The SMILES string of the molecule is CCN(CC)C(=O)COc1ccc(NC(=O)C2CC2C)cc1Cl. The maximum atomic E-state index is 11.9. The lowest BCUT2D eigenvalue weighted by Gasteiger charge is -2.19. The minimum Gasteiger partial charge on any atom is -0.482 e. The van der Waals surface area contributed by atoms with Gasteiger partial charge in [-0.15, -0.1) is 0 Å². The van der Waals surface area contributed by atoms with Crippen LogP contribution in [0.4, 0.5) is 5.69 Å². The van der Waals surface area contributed by atoms with E-state index in [2.05, 4.69) is 12.2 Å². The van der Waals surface area contributed by atoms with Gasteiger partial charge in [-0.2, -0.15) is 0 Å². The van der Waals surface area contributed by atoms with Crippen molar-refractivity contribution in [1.29, 1.82) is 0 Å². The minimum absolute atomic E-state index is 0.0268. The third-order valence-corrected chi connectivity index (χ3v) is 4.41. The number of benzene rings is 1. The molecule has 2 atom stereocenters. The van der Waals surface area contributed by atoms with E-state index in [0.29, 0.717) is 35.5 Å². The van der Waals surface area contributed by atoms with Crippen molar-refractivity contribution in [1.82, 2.24) is 4.90 Å². The van der Waals surface area contributed by atoms with Crippen LogP contribution in [-0.4, -0.2) is 36.4 Å². The minimum atomic E-state index is -0.0776. The lowest BCUT2D eigenvalue weighted by molar-refractivity contribution is -0.133. The number of ether oxygens (including phenoxy) is 1. The third-order valence-electron chi connectivity index (χ3n) is 4.11. The smallest absolute Gasteiger partial charge is 0.260 e. The first kappa shape index (κ1) is 17.6. The fraction of sp³-hybridized carbons (Fsp3) is 0.529. The Balaban J connectivity index is 1.91. The number of likely N-dealkylation sites (N-methyl/N-ethyl adjacent to an activating group) is 1. The van der Waals surface area contributed by atoms with Gasteiger partial charge in [0.15, 0.2) is 6.61 Å². The van der Waals surface area contributed by atoms with E-state index in [4.69, 9.17) is 16.3 Å². The van der Waals surface area contributed by atoms with Crippen LogP contribution in [0.5, 0.6) is 5.75 Å². The number of carbonyl (C=O) groups is 2. The maximum absolute atomic E-state index is 11.9. The fourth-order valence-corrected chi connectivity index (χ4v) is 2.66. The first-order chi connectivity index (χ1) is 11.0. The van der Waals surface area contributed by atoms with E-state index in [9.17, 15) is 9.59 Å². The number of amides is 2.